The predicted octanol–water partition coefficient (Wildman–Crippen LogP) is 4.77. The third-order valence-electron chi connectivity index (χ3n) is 4.39. The van der Waals surface area contributed by atoms with Crippen molar-refractivity contribution >= 4 is 0 Å². The molecule has 0 unspecified atom stereocenters. The quantitative estimate of drug-likeness (QED) is 0.645. The average molecular weight is 222 g/mol. The van der Waals surface area contributed by atoms with Crippen LogP contribution in [0.25, 0.3) is 0 Å². The van der Waals surface area contributed by atoms with Gasteiger partial charge in [-0.2, -0.15) is 0 Å². The second kappa shape index (κ2) is 3.60. The van der Waals surface area contributed by atoms with Crippen LogP contribution in [0.1, 0.15) is 44.9 Å². The van der Waals surface area contributed by atoms with Crippen LogP contribution in [0, 0.1) is 0 Å². The highest BCUT2D eigenvalue weighted by atomic mass is 14.3. The van der Waals surface area contributed by atoms with Gasteiger partial charge in [-0.05, 0) is 78.4 Å². The fourth-order valence-corrected chi connectivity index (χ4v) is 3.25. The molecule has 0 atom stereocenters. The molecule has 0 aromatic rings. The largest absolute Gasteiger partial charge is 0.0810 e. The summed E-state index contributed by atoms with van der Waals surface area (Å²) in [4.78, 5) is 0. The van der Waals surface area contributed by atoms with E-state index in [2.05, 4.69) is 24.3 Å². The van der Waals surface area contributed by atoms with Crippen LogP contribution in [0.15, 0.2) is 57.7 Å². The van der Waals surface area contributed by atoms with E-state index < -0.39 is 0 Å². The second-order valence-corrected chi connectivity index (χ2v) is 5.50. The van der Waals surface area contributed by atoms with Gasteiger partial charge in [0.25, 0.3) is 0 Å². The van der Waals surface area contributed by atoms with Gasteiger partial charge in [-0.15, -0.1) is 0 Å². The normalized spacial score (nSPS) is 26.4. The molecule has 0 saturated carbocycles. The van der Waals surface area contributed by atoms with E-state index in [9.17, 15) is 0 Å². The second-order valence-electron chi connectivity index (χ2n) is 5.50. The predicted molar refractivity (Wildman–Crippen MR) is 71.7 cm³/mol. The molecule has 0 heterocycles. The Bertz CT molecular complexity index is 532. The maximum atomic E-state index is 2.48. The first-order chi connectivity index (χ1) is 8.43. The van der Waals surface area contributed by atoms with Gasteiger partial charge in [0, 0.05) is 0 Å². The van der Waals surface area contributed by atoms with Crippen molar-refractivity contribution in [2.75, 3.05) is 0 Å². The minimum atomic E-state index is 1.19. The Morgan fingerprint density at radius 3 is 2.18 bits per heavy atom. The number of hydrogen-bond acceptors (Lipinski definition) is 0. The van der Waals surface area contributed by atoms with Crippen molar-refractivity contribution < 1.29 is 0 Å². The van der Waals surface area contributed by atoms with Gasteiger partial charge < -0.3 is 0 Å². The highest BCUT2D eigenvalue weighted by molar-refractivity contribution is 5.69. The Labute approximate surface area is 103 Å². The van der Waals surface area contributed by atoms with Crippen molar-refractivity contribution in [1.82, 2.24) is 0 Å². The smallest absolute Gasteiger partial charge is 0.00792 e. The molecule has 4 rings (SSSR count). The summed E-state index contributed by atoms with van der Waals surface area (Å²) in [6.45, 7) is 0. The Morgan fingerprint density at radius 2 is 1.59 bits per heavy atom. The van der Waals surface area contributed by atoms with Gasteiger partial charge in [0.2, 0.25) is 0 Å². The van der Waals surface area contributed by atoms with Crippen molar-refractivity contribution in [2.45, 2.75) is 44.9 Å². The van der Waals surface area contributed by atoms with E-state index in [-0.39, 0.29) is 0 Å². The Balaban J connectivity index is 1.79. The number of rotatable bonds is 3. The molecule has 0 radical (unpaired) electrons. The lowest BCUT2D eigenvalue weighted by atomic mass is 9.84. The van der Waals surface area contributed by atoms with Gasteiger partial charge in [0.1, 0.15) is 0 Å². The molecular formula is C17H18. The maximum absolute atomic E-state index is 2.48. The van der Waals surface area contributed by atoms with Crippen molar-refractivity contribution in [1.29, 1.82) is 0 Å². The highest BCUT2D eigenvalue weighted by Gasteiger charge is 2.29. The van der Waals surface area contributed by atoms with Crippen LogP contribution in [0.2, 0.25) is 0 Å². The summed E-state index contributed by atoms with van der Waals surface area (Å²) < 4.78 is 0. The Kier molecular flexibility index (Phi) is 2.05. The first-order valence-electron chi connectivity index (χ1n) is 6.95. The Morgan fingerprint density at radius 1 is 0.706 bits per heavy atom. The summed E-state index contributed by atoms with van der Waals surface area (Å²) in [5.41, 5.74) is 9.76. The molecule has 0 spiro atoms. The average Bonchev–Trinajstić information content (AvgIpc) is 2.81. The first kappa shape index (κ1) is 9.70. The molecule has 0 amide bonds. The molecule has 0 aliphatic heterocycles. The van der Waals surface area contributed by atoms with Gasteiger partial charge >= 0.3 is 0 Å². The minimum Gasteiger partial charge on any atom is -0.0810 e. The number of allylic oxidation sites excluding steroid dienone is 10. The molecule has 0 N–H and O–H groups in total. The van der Waals surface area contributed by atoms with Gasteiger partial charge in [0.05, 0.1) is 0 Å². The zero-order valence-electron chi connectivity index (χ0n) is 10.3. The summed E-state index contributed by atoms with van der Waals surface area (Å²) >= 11 is 0. The first-order valence-corrected chi connectivity index (χ1v) is 6.95. The van der Waals surface area contributed by atoms with Crippen molar-refractivity contribution in [3.63, 3.8) is 0 Å². The molecule has 4 aliphatic carbocycles. The van der Waals surface area contributed by atoms with Crippen LogP contribution in [-0.4, -0.2) is 0 Å². The lowest BCUT2D eigenvalue weighted by molar-refractivity contribution is 0.878. The fourth-order valence-electron chi connectivity index (χ4n) is 3.25. The van der Waals surface area contributed by atoms with E-state index in [1.54, 1.807) is 33.4 Å². The molecule has 0 nitrogen and oxygen atoms in total. The molecule has 0 aromatic heterocycles. The standard InChI is InChI=1S/C17H18/c1-2-5-12(4-1)15-10-11-16(13-8-9-13)17(15)14-6-3-7-14/h4,6,8,11H,1-3,5,7,9-10H2. The SMILES string of the molecule is C1=C(C2=CCC(C3=CCCC3)=C2C2=CCC2)C1. The van der Waals surface area contributed by atoms with E-state index in [1.807, 2.05) is 0 Å². The summed E-state index contributed by atoms with van der Waals surface area (Å²) in [7, 11) is 0. The van der Waals surface area contributed by atoms with Gasteiger partial charge in [-0.1, -0.05) is 24.3 Å². The highest BCUT2D eigenvalue weighted by Crippen LogP contribution is 2.47. The summed E-state index contributed by atoms with van der Waals surface area (Å²) in [5, 5.41) is 0. The molecule has 86 valence electrons. The maximum Gasteiger partial charge on any atom is -0.00792 e. The number of hydrogen-bond donors (Lipinski definition) is 0. The summed E-state index contributed by atoms with van der Waals surface area (Å²) in [5.74, 6) is 0. The zero-order chi connectivity index (χ0) is 11.2. The van der Waals surface area contributed by atoms with Crippen LogP contribution in [0.4, 0.5) is 0 Å². The fraction of sp³-hybridized carbons (Fsp3) is 0.412. The van der Waals surface area contributed by atoms with E-state index in [1.165, 1.54) is 44.9 Å². The van der Waals surface area contributed by atoms with Crippen LogP contribution in [0.5, 0.6) is 0 Å². The van der Waals surface area contributed by atoms with E-state index in [4.69, 9.17) is 0 Å². The lowest BCUT2D eigenvalue weighted by Crippen LogP contribution is -2.02. The zero-order valence-corrected chi connectivity index (χ0v) is 10.3. The molecule has 0 heteroatoms. The molecule has 4 aliphatic rings. The van der Waals surface area contributed by atoms with Crippen LogP contribution in [0.3, 0.4) is 0 Å². The van der Waals surface area contributed by atoms with Crippen LogP contribution < -0.4 is 0 Å². The van der Waals surface area contributed by atoms with Gasteiger partial charge in [-0.25, -0.2) is 0 Å². The van der Waals surface area contributed by atoms with Crippen LogP contribution in [-0.2, 0) is 0 Å². The molecular weight excluding hydrogens is 204 g/mol. The Hall–Kier alpha value is -1.30. The molecule has 0 aromatic carbocycles. The topological polar surface area (TPSA) is 0 Å². The third-order valence-corrected chi connectivity index (χ3v) is 4.39. The van der Waals surface area contributed by atoms with Gasteiger partial charge in [-0.3, -0.25) is 0 Å². The van der Waals surface area contributed by atoms with Crippen molar-refractivity contribution in [3.8, 4) is 0 Å². The van der Waals surface area contributed by atoms with Crippen molar-refractivity contribution in [3.05, 3.63) is 57.7 Å². The van der Waals surface area contributed by atoms with Gasteiger partial charge in [0.15, 0.2) is 0 Å². The minimum absolute atomic E-state index is 1.19. The molecule has 0 fully saturated rings. The molecule has 0 bridgehead atoms. The van der Waals surface area contributed by atoms with E-state index in [0.29, 0.717) is 0 Å². The van der Waals surface area contributed by atoms with Crippen molar-refractivity contribution in [2.24, 2.45) is 0 Å². The van der Waals surface area contributed by atoms with Crippen LogP contribution >= 0.6 is 0 Å². The molecule has 0 saturated heterocycles. The lowest BCUT2D eigenvalue weighted by Gasteiger charge is -2.20. The summed E-state index contributed by atoms with van der Waals surface area (Å²) in [6.07, 6.45) is 18.7. The monoisotopic (exact) mass is 222 g/mol. The third kappa shape index (κ3) is 1.50. The van der Waals surface area contributed by atoms with E-state index in [0.717, 1.165) is 0 Å². The molecule has 17 heavy (non-hydrogen) atoms. The summed E-state index contributed by atoms with van der Waals surface area (Å²) in [6, 6.07) is 0. The van der Waals surface area contributed by atoms with E-state index >= 15 is 0 Å².